The number of alkyl halides is 4. The van der Waals surface area contributed by atoms with Gasteiger partial charge >= 0.3 is 6.18 Å². The van der Waals surface area contributed by atoms with Crippen molar-refractivity contribution in [3.63, 3.8) is 0 Å². The van der Waals surface area contributed by atoms with E-state index in [9.17, 15) is 31.9 Å². The number of H-pyrrole nitrogens is 1. The molecule has 42 heavy (non-hydrogen) atoms. The zero-order chi connectivity index (χ0) is 30.6. The maximum absolute atomic E-state index is 15.2. The van der Waals surface area contributed by atoms with Crippen LogP contribution in [0.4, 0.5) is 33.5 Å². The van der Waals surface area contributed by atoms with Gasteiger partial charge in [-0.1, -0.05) is 0 Å². The van der Waals surface area contributed by atoms with Crippen LogP contribution in [0.15, 0.2) is 46.4 Å². The molecule has 220 valence electrons. The minimum Gasteiger partial charge on any atom is -0.381 e. The van der Waals surface area contributed by atoms with Crippen LogP contribution in [0.1, 0.15) is 38.3 Å². The molecule has 0 radical (unpaired) electrons. The molecule has 1 amide bonds. The van der Waals surface area contributed by atoms with Crippen LogP contribution in [0, 0.1) is 5.82 Å². The number of nitrogens with one attached hydrogen (secondary N) is 3. The monoisotopic (exact) mass is 589 g/mol. The summed E-state index contributed by atoms with van der Waals surface area (Å²) in [6.07, 6.45) is -3.40. The van der Waals surface area contributed by atoms with E-state index in [-0.39, 0.29) is 34.9 Å². The number of carbonyl (C=O) groups excluding carboxylic acids is 1. The van der Waals surface area contributed by atoms with Crippen molar-refractivity contribution < 1.29 is 26.7 Å². The number of benzene rings is 1. The van der Waals surface area contributed by atoms with Crippen molar-refractivity contribution in [2.24, 2.45) is 0 Å². The van der Waals surface area contributed by atoms with Gasteiger partial charge < -0.3 is 15.2 Å². The molecule has 0 spiro atoms. The van der Waals surface area contributed by atoms with E-state index in [4.69, 9.17) is 0 Å². The summed E-state index contributed by atoms with van der Waals surface area (Å²) in [4.78, 5) is 45.4. The summed E-state index contributed by atoms with van der Waals surface area (Å²) in [6.45, 7) is 4.39. The summed E-state index contributed by atoms with van der Waals surface area (Å²) < 4.78 is 71.0. The summed E-state index contributed by atoms with van der Waals surface area (Å²) in [7, 11) is 0. The van der Waals surface area contributed by atoms with Crippen LogP contribution in [0.2, 0.25) is 0 Å². The van der Waals surface area contributed by atoms with Crippen LogP contribution >= 0.6 is 0 Å². The first kappa shape index (κ1) is 28.8. The third-order valence-electron chi connectivity index (χ3n) is 7.11. The van der Waals surface area contributed by atoms with Crippen molar-refractivity contribution in [2.75, 3.05) is 10.6 Å². The fourth-order valence-electron chi connectivity index (χ4n) is 4.86. The molecule has 3 N–H and O–H groups in total. The molecule has 5 rings (SSSR count). The molecule has 1 aromatic carbocycles. The third kappa shape index (κ3) is 5.21. The van der Waals surface area contributed by atoms with Gasteiger partial charge in [-0.25, -0.2) is 23.8 Å². The largest absolute Gasteiger partial charge is 0.423 e. The molecule has 3 aromatic heterocycles. The van der Waals surface area contributed by atoms with E-state index in [0.717, 1.165) is 16.8 Å². The highest BCUT2D eigenvalue weighted by molar-refractivity contribution is 6.04. The van der Waals surface area contributed by atoms with Crippen molar-refractivity contribution in [3.8, 4) is 11.4 Å². The third-order valence-corrected chi connectivity index (χ3v) is 7.11. The van der Waals surface area contributed by atoms with Crippen molar-refractivity contribution >= 4 is 28.2 Å². The van der Waals surface area contributed by atoms with E-state index < -0.39 is 58.5 Å². The zero-order valence-corrected chi connectivity index (χ0v) is 22.4. The first-order valence-corrected chi connectivity index (χ1v) is 12.7. The molecule has 15 heteroatoms. The number of hydrogen-bond donors (Lipinski definition) is 3. The Balaban J connectivity index is 1.34. The Morgan fingerprint density at radius 1 is 1.14 bits per heavy atom. The van der Waals surface area contributed by atoms with Crippen LogP contribution in [0.3, 0.4) is 0 Å². The smallest absolute Gasteiger partial charge is 0.381 e. The maximum atomic E-state index is 15.2. The second kappa shape index (κ2) is 10.3. The summed E-state index contributed by atoms with van der Waals surface area (Å²) in [5.74, 6) is -0.793. The Hall–Kier alpha value is -4.69. The number of fused-ring (bicyclic) bond motifs is 2. The van der Waals surface area contributed by atoms with E-state index in [1.807, 2.05) is 0 Å². The molecular formula is C27H24F5N7O3. The lowest BCUT2D eigenvalue weighted by atomic mass is 9.88. The number of pyridine rings is 1. The lowest BCUT2D eigenvalue weighted by Gasteiger charge is -2.20. The number of aromatic nitrogens is 5. The number of carbonyl (C=O) groups is 1. The summed E-state index contributed by atoms with van der Waals surface area (Å²) in [5, 5.41) is 10.5. The van der Waals surface area contributed by atoms with E-state index in [1.54, 1.807) is 18.9 Å². The Morgan fingerprint density at radius 2 is 1.88 bits per heavy atom. The minimum atomic E-state index is -4.96. The second-order valence-corrected chi connectivity index (χ2v) is 10.6. The SMILES string of the molecule is C[C@@H](C[C@@H](F)Cn1ccc2cc(-c3ncc4c(n3)NC(=O)C4(C)C)c(F)cc2c1=O)Nc1cn[nH]c(=O)c1C(F)(F)F. The first-order chi connectivity index (χ1) is 19.7. The van der Waals surface area contributed by atoms with Crippen LogP contribution in [0.5, 0.6) is 0 Å². The van der Waals surface area contributed by atoms with Gasteiger partial charge in [0.2, 0.25) is 5.91 Å². The molecule has 1 aliphatic rings. The molecule has 4 heterocycles. The lowest BCUT2D eigenvalue weighted by Crippen LogP contribution is -2.30. The molecule has 1 aliphatic heterocycles. The molecular weight excluding hydrogens is 565 g/mol. The first-order valence-electron chi connectivity index (χ1n) is 12.7. The zero-order valence-electron chi connectivity index (χ0n) is 22.4. The van der Waals surface area contributed by atoms with Gasteiger partial charge in [-0.15, -0.1) is 0 Å². The van der Waals surface area contributed by atoms with Gasteiger partial charge in [-0.3, -0.25) is 14.4 Å². The van der Waals surface area contributed by atoms with Gasteiger partial charge in [0.15, 0.2) is 5.82 Å². The molecule has 2 atom stereocenters. The summed E-state index contributed by atoms with van der Waals surface area (Å²) in [5.41, 5.74) is -4.47. The fraction of sp³-hybridized carbons (Fsp3) is 0.333. The predicted octanol–water partition coefficient (Wildman–Crippen LogP) is 4.16. The molecule has 0 aliphatic carbocycles. The topological polar surface area (TPSA) is 135 Å². The van der Waals surface area contributed by atoms with E-state index >= 15 is 4.39 Å². The van der Waals surface area contributed by atoms with Gasteiger partial charge in [0.25, 0.3) is 11.1 Å². The van der Waals surface area contributed by atoms with E-state index in [0.29, 0.717) is 10.9 Å². The van der Waals surface area contributed by atoms with Crippen molar-refractivity contribution in [1.29, 1.82) is 0 Å². The number of halogens is 5. The molecule has 0 bridgehead atoms. The minimum absolute atomic E-state index is 0.00265. The highest BCUT2D eigenvalue weighted by atomic mass is 19.4. The summed E-state index contributed by atoms with van der Waals surface area (Å²) in [6, 6.07) is 3.00. The number of rotatable bonds is 7. The second-order valence-electron chi connectivity index (χ2n) is 10.6. The number of anilines is 2. The number of nitrogens with zero attached hydrogens (tertiary/aromatic N) is 4. The van der Waals surface area contributed by atoms with Crippen molar-refractivity contribution in [3.05, 3.63) is 74.4 Å². The average Bonchev–Trinajstić information content (AvgIpc) is 3.12. The highest BCUT2D eigenvalue weighted by Gasteiger charge is 2.40. The molecule has 4 aromatic rings. The Labute approximate surface area is 234 Å². The number of hydrogen-bond acceptors (Lipinski definition) is 7. The van der Waals surface area contributed by atoms with Crippen LogP contribution in [0.25, 0.3) is 22.2 Å². The van der Waals surface area contributed by atoms with Gasteiger partial charge in [-0.05, 0) is 44.4 Å². The standard InChI is InChI=1S/C27H24F5N7O3/c1-12(35-19-10-34-38-23(40)20(19)27(30,31)32)6-14(28)11-39-5-4-13-7-16(18(29)8-15(13)24(39)41)21-33-9-17-22(36-21)37-25(42)26(17,2)3/h4-5,7-10,12,14H,6,11H2,1-3H3,(H2,35,38,40)(H,33,36,37,42)/t12-,14+/m0/s1. The molecule has 0 saturated heterocycles. The normalized spacial score (nSPS) is 15.8. The number of aromatic amines is 1. The molecule has 0 unspecified atom stereocenters. The Morgan fingerprint density at radius 3 is 2.60 bits per heavy atom. The molecule has 0 fully saturated rings. The fourth-order valence-corrected chi connectivity index (χ4v) is 4.86. The Bertz CT molecular complexity index is 1830. The van der Waals surface area contributed by atoms with Gasteiger partial charge in [-0.2, -0.15) is 18.3 Å². The maximum Gasteiger partial charge on any atom is 0.423 e. The molecule has 0 saturated carbocycles. The van der Waals surface area contributed by atoms with Gasteiger partial charge in [0.05, 0.1) is 34.8 Å². The van der Waals surface area contributed by atoms with Gasteiger partial charge in [0.1, 0.15) is 23.4 Å². The van der Waals surface area contributed by atoms with Crippen LogP contribution < -0.4 is 21.8 Å². The predicted molar refractivity (Wildman–Crippen MR) is 143 cm³/mol. The molecule has 10 nitrogen and oxygen atoms in total. The quantitative estimate of drug-likeness (QED) is 0.276. The van der Waals surface area contributed by atoms with Gasteiger partial charge in [0, 0.05) is 30.4 Å². The highest BCUT2D eigenvalue weighted by Crippen LogP contribution is 2.37. The Kier molecular flexibility index (Phi) is 7.07. The summed E-state index contributed by atoms with van der Waals surface area (Å²) >= 11 is 0. The van der Waals surface area contributed by atoms with Crippen molar-refractivity contribution in [1.82, 2.24) is 24.7 Å². The van der Waals surface area contributed by atoms with E-state index in [2.05, 4.69) is 25.7 Å². The van der Waals surface area contributed by atoms with E-state index in [1.165, 1.54) is 31.5 Å². The lowest BCUT2D eigenvalue weighted by molar-refractivity contribution is -0.138. The van der Waals surface area contributed by atoms with Crippen LogP contribution in [-0.4, -0.2) is 42.9 Å². The number of amides is 1. The average molecular weight is 590 g/mol. The van der Waals surface area contributed by atoms with Crippen molar-refractivity contribution in [2.45, 2.75) is 57.5 Å². The van der Waals surface area contributed by atoms with Crippen LogP contribution in [-0.2, 0) is 22.9 Å².